The smallest absolute Gasteiger partial charge is 0.308 e. The van der Waals surface area contributed by atoms with Gasteiger partial charge in [-0.15, -0.1) is 0 Å². The second-order valence-electron chi connectivity index (χ2n) is 2.28. The van der Waals surface area contributed by atoms with Crippen molar-refractivity contribution in [2.45, 2.75) is 0 Å². The first-order valence-electron chi connectivity index (χ1n) is 3.64. The number of diazo groups is 1. The van der Waals surface area contributed by atoms with E-state index in [0.717, 1.165) is 0 Å². The molecular weight excluding hydrogens is 170 g/mol. The van der Waals surface area contributed by atoms with E-state index in [4.69, 9.17) is 14.9 Å². The van der Waals surface area contributed by atoms with E-state index in [1.165, 1.54) is 7.11 Å². The van der Waals surface area contributed by atoms with Gasteiger partial charge in [0.2, 0.25) is 0 Å². The van der Waals surface area contributed by atoms with Gasteiger partial charge in [0.15, 0.2) is 11.4 Å². The Morgan fingerprint density at radius 3 is 2.62 bits per heavy atom. The third kappa shape index (κ3) is 1.99. The van der Waals surface area contributed by atoms with E-state index in [0.29, 0.717) is 17.2 Å². The zero-order valence-corrected chi connectivity index (χ0v) is 7.44. The molecule has 1 rings (SSSR count). The number of anilines is 1. The fourth-order valence-electron chi connectivity index (χ4n) is 0.945. The minimum absolute atomic E-state index is 0.553. The van der Waals surface area contributed by atoms with Gasteiger partial charge in [-0.2, -0.15) is 0 Å². The summed E-state index contributed by atoms with van der Waals surface area (Å²) in [5, 5.41) is 11.1. The van der Waals surface area contributed by atoms with Gasteiger partial charge in [0, 0.05) is 6.07 Å². The van der Waals surface area contributed by atoms with Gasteiger partial charge in [0.25, 0.3) is 5.39 Å². The van der Waals surface area contributed by atoms with Crippen molar-refractivity contribution in [1.82, 2.24) is 0 Å². The largest absolute Gasteiger partial charge is 0.497 e. The normalized spacial score (nSPS) is 8.69. The molecule has 13 heavy (non-hydrogen) atoms. The molecule has 1 aromatic rings. The quantitative estimate of drug-likeness (QED) is 0.570. The van der Waals surface area contributed by atoms with Crippen molar-refractivity contribution in [3.05, 3.63) is 23.3 Å². The molecule has 0 spiro atoms. The predicted molar refractivity (Wildman–Crippen MR) is 48.3 cm³/mol. The van der Waals surface area contributed by atoms with Gasteiger partial charge in [0.1, 0.15) is 5.75 Å². The first kappa shape index (κ1) is 9.13. The summed E-state index contributed by atoms with van der Waals surface area (Å²) in [5.74, 6) is 1.23. The second kappa shape index (κ2) is 4.16. The maximum absolute atomic E-state index is 8.29. The number of benzene rings is 1. The molecule has 0 fully saturated rings. The van der Waals surface area contributed by atoms with Gasteiger partial charge >= 0.3 is 5.08 Å². The molecule has 0 aliphatic rings. The van der Waals surface area contributed by atoms with Crippen molar-refractivity contribution in [3.8, 4) is 11.5 Å². The van der Waals surface area contributed by atoms with Crippen LogP contribution in [0.15, 0.2) is 18.2 Å². The molecule has 0 unspecified atom stereocenters. The van der Waals surface area contributed by atoms with Gasteiger partial charge in [0.05, 0.1) is 14.2 Å². The predicted octanol–water partition coefficient (Wildman–Crippen LogP) is 1.88. The third-order valence-corrected chi connectivity index (χ3v) is 1.58. The lowest BCUT2D eigenvalue weighted by Gasteiger charge is -2.04. The zero-order chi connectivity index (χ0) is 9.68. The van der Waals surface area contributed by atoms with E-state index < -0.39 is 0 Å². The van der Waals surface area contributed by atoms with Crippen LogP contribution in [0, 0.1) is 5.39 Å². The maximum atomic E-state index is 8.29. The van der Waals surface area contributed by atoms with Crippen LogP contribution in [-0.4, -0.2) is 14.2 Å². The lowest BCUT2D eigenvalue weighted by Crippen LogP contribution is -1.92. The molecule has 0 saturated heterocycles. The molecule has 0 heterocycles. The first-order chi connectivity index (χ1) is 6.31. The first-order valence-corrected chi connectivity index (χ1v) is 3.64. The van der Waals surface area contributed by atoms with Crippen LogP contribution < -0.4 is 14.9 Å². The van der Waals surface area contributed by atoms with Crippen LogP contribution in [0.5, 0.6) is 11.5 Å². The van der Waals surface area contributed by atoms with E-state index in [-0.39, 0.29) is 0 Å². The Bertz CT molecular complexity index is 333. The van der Waals surface area contributed by atoms with Crippen molar-refractivity contribution < 1.29 is 9.47 Å². The molecule has 5 heteroatoms. The van der Waals surface area contributed by atoms with Gasteiger partial charge < -0.3 is 9.47 Å². The van der Waals surface area contributed by atoms with Crippen LogP contribution in [0.4, 0.5) is 5.69 Å². The number of hydrogen-bond donors (Lipinski definition) is 1. The molecule has 1 aromatic carbocycles. The lowest BCUT2D eigenvalue weighted by atomic mass is 10.3. The highest BCUT2D eigenvalue weighted by Crippen LogP contribution is 2.28. The summed E-state index contributed by atoms with van der Waals surface area (Å²) in [6.07, 6.45) is 0. The van der Waals surface area contributed by atoms with E-state index in [1.807, 2.05) is 0 Å². The van der Waals surface area contributed by atoms with Gasteiger partial charge in [-0.3, -0.25) is 0 Å². The minimum atomic E-state index is 0.553. The number of ether oxygens (including phenoxy) is 2. The average Bonchev–Trinajstić information content (AvgIpc) is 2.19. The summed E-state index contributed by atoms with van der Waals surface area (Å²) in [4.78, 5) is 0. The van der Waals surface area contributed by atoms with E-state index in [9.17, 15) is 0 Å². The molecule has 68 valence electrons. The summed E-state index contributed by atoms with van der Waals surface area (Å²) in [6.45, 7) is 0. The summed E-state index contributed by atoms with van der Waals surface area (Å²) < 4.78 is 10.0. The molecule has 1 N–H and O–H groups in total. The van der Waals surface area contributed by atoms with Crippen LogP contribution in [0.1, 0.15) is 0 Å². The van der Waals surface area contributed by atoms with Crippen molar-refractivity contribution >= 4 is 5.69 Å². The highest BCUT2D eigenvalue weighted by Gasteiger charge is 2.07. The van der Waals surface area contributed by atoms with Crippen LogP contribution >= 0.6 is 0 Å². The molecule has 5 nitrogen and oxygen atoms in total. The van der Waals surface area contributed by atoms with Gasteiger partial charge in [-0.25, -0.2) is 0 Å². The number of nitrogens with zero attached hydrogens (tertiary/aromatic N) is 2. The lowest BCUT2D eigenvalue weighted by molar-refractivity contribution is 0.395. The molecule has 0 aliphatic heterocycles. The zero-order valence-electron chi connectivity index (χ0n) is 7.44. The Morgan fingerprint density at radius 1 is 1.31 bits per heavy atom. The molecule has 0 saturated carbocycles. The molecule has 0 bridgehead atoms. The molecule has 0 aromatic heterocycles. The number of rotatable bonds is 3. The Labute approximate surface area is 75.9 Å². The molecule has 0 amide bonds. The van der Waals surface area contributed by atoms with E-state index in [1.54, 1.807) is 25.3 Å². The Balaban J connectivity index is 3.02. The van der Waals surface area contributed by atoms with E-state index in [2.05, 4.69) is 10.5 Å². The molecule has 0 aliphatic carbocycles. The van der Waals surface area contributed by atoms with Crippen LogP contribution in [0.2, 0.25) is 0 Å². The van der Waals surface area contributed by atoms with Crippen LogP contribution in [-0.2, 0) is 0 Å². The number of methoxy groups -OCH3 is 2. The maximum Gasteiger partial charge on any atom is 0.308 e. The monoisotopic (exact) mass is 180 g/mol. The standard InChI is InChI=1S/C8H10N3O2/c1-12-6-3-4-7(10-11-9)8(5-6)13-2/h3-5,10H,1-2H3/q+1. The van der Waals surface area contributed by atoms with Crippen LogP contribution in [0.3, 0.4) is 0 Å². The Hall–Kier alpha value is -1.96. The summed E-state index contributed by atoms with van der Waals surface area (Å²) >= 11 is 0. The van der Waals surface area contributed by atoms with Crippen molar-refractivity contribution in [2.24, 2.45) is 0 Å². The van der Waals surface area contributed by atoms with Crippen molar-refractivity contribution in [3.63, 3.8) is 0 Å². The van der Waals surface area contributed by atoms with Crippen molar-refractivity contribution in [2.75, 3.05) is 19.6 Å². The summed E-state index contributed by atoms with van der Waals surface area (Å²) in [5.41, 5.74) is 2.95. The third-order valence-electron chi connectivity index (χ3n) is 1.58. The van der Waals surface area contributed by atoms with Crippen LogP contribution in [0.25, 0.3) is 5.08 Å². The number of nitrogens with one attached hydrogen (secondary N) is 1. The average molecular weight is 180 g/mol. The fraction of sp³-hybridized carbons (Fsp3) is 0.250. The molecular formula is C8H10N3O2+. The highest BCUT2D eigenvalue weighted by atomic mass is 16.5. The van der Waals surface area contributed by atoms with Gasteiger partial charge in [-0.05, 0) is 17.6 Å². The fourth-order valence-corrected chi connectivity index (χ4v) is 0.945. The molecule has 0 radical (unpaired) electrons. The summed E-state index contributed by atoms with van der Waals surface area (Å²) in [7, 11) is 3.09. The highest BCUT2D eigenvalue weighted by molar-refractivity contribution is 5.59. The second-order valence-corrected chi connectivity index (χ2v) is 2.28. The minimum Gasteiger partial charge on any atom is -0.497 e. The Kier molecular flexibility index (Phi) is 2.92. The molecule has 0 atom stereocenters. The Morgan fingerprint density at radius 2 is 2.08 bits per heavy atom. The number of hydrogen-bond acceptors (Lipinski definition) is 4. The van der Waals surface area contributed by atoms with Crippen molar-refractivity contribution in [1.29, 1.82) is 5.39 Å². The summed E-state index contributed by atoms with van der Waals surface area (Å²) in [6, 6.07) is 5.11. The SMILES string of the molecule is COc1ccc(N[N+]#N)c(OC)c1. The van der Waals surface area contributed by atoms with Gasteiger partial charge in [-0.1, -0.05) is 0 Å². The van der Waals surface area contributed by atoms with E-state index >= 15 is 0 Å². The topological polar surface area (TPSA) is 58.6 Å².